The molecule has 25 rings (SSSR count). The highest BCUT2D eigenvalue weighted by molar-refractivity contribution is 7.00. The lowest BCUT2D eigenvalue weighted by Crippen LogP contribution is -2.61. The smallest absolute Gasteiger partial charge is 0.252 e. The molecule has 0 unspecified atom stereocenters. The summed E-state index contributed by atoms with van der Waals surface area (Å²) in [6, 6.07) is 141. The molecule has 2 aliphatic heterocycles. The fourth-order valence-electron chi connectivity index (χ4n) is 23.1. The van der Waals surface area contributed by atoms with Crippen molar-refractivity contribution in [1.29, 1.82) is 0 Å². The van der Waals surface area contributed by atoms with E-state index in [1.165, 1.54) is 199 Å². The Morgan fingerprint density at radius 1 is 0.231 bits per heavy atom. The van der Waals surface area contributed by atoms with Crippen LogP contribution in [0.5, 0.6) is 0 Å². The second-order valence-electron chi connectivity index (χ2n) is 37.7. The summed E-state index contributed by atoms with van der Waals surface area (Å²) in [7, 11) is 0. The average Bonchev–Trinajstić information content (AvgIpc) is 1.49. The molecule has 574 valence electrons. The van der Waals surface area contributed by atoms with Crippen LogP contribution < -0.4 is 26.2 Å². The van der Waals surface area contributed by atoms with Crippen LogP contribution in [0.3, 0.4) is 0 Å². The molecule has 4 heterocycles. The van der Waals surface area contributed by atoms with Gasteiger partial charge in [-0.25, -0.2) is 0 Å². The number of rotatable bonds is 6. The fraction of sp³-hybridized carbons (Fsp3) is 0.121. The third kappa shape index (κ3) is 9.36. The Bertz CT molecular complexity index is 7160. The minimum Gasteiger partial charge on any atom is -0.311 e. The molecule has 19 aromatic rings. The molecule has 0 saturated carbocycles. The Morgan fingerprint density at radius 3 is 0.909 bits per heavy atom. The van der Waals surface area contributed by atoms with E-state index < -0.39 is 10.8 Å². The highest BCUT2D eigenvalue weighted by Crippen LogP contribution is 2.68. The van der Waals surface area contributed by atoms with E-state index in [1.807, 2.05) is 0 Å². The van der Waals surface area contributed by atoms with Gasteiger partial charge in [0, 0.05) is 66.8 Å². The van der Waals surface area contributed by atoms with Crippen molar-refractivity contribution in [2.75, 3.05) is 9.80 Å². The molecule has 0 radical (unpaired) electrons. The minimum absolute atomic E-state index is 0.144. The maximum absolute atomic E-state index is 2.71. The van der Waals surface area contributed by atoms with Gasteiger partial charge < -0.3 is 18.9 Å². The lowest BCUT2D eigenvalue weighted by molar-refractivity contribution is 0.590. The van der Waals surface area contributed by atoms with E-state index in [2.05, 4.69) is 445 Å². The predicted molar refractivity (Wildman–Crippen MR) is 509 cm³/mol. The number of anilines is 6. The molecule has 0 amide bonds. The van der Waals surface area contributed by atoms with Crippen molar-refractivity contribution in [2.45, 2.75) is 89.4 Å². The Morgan fingerprint density at radius 2 is 0.554 bits per heavy atom. The van der Waals surface area contributed by atoms with Crippen LogP contribution in [0.25, 0.3) is 122 Å². The summed E-state index contributed by atoms with van der Waals surface area (Å²) in [5, 5.41) is 5.04. The molecule has 0 N–H and O–H groups in total. The van der Waals surface area contributed by atoms with Gasteiger partial charge in [-0.3, -0.25) is 0 Å². The van der Waals surface area contributed by atoms with Crippen LogP contribution in [0.4, 0.5) is 34.1 Å². The number of fused-ring (bicyclic) bond motifs is 32. The SMILES string of the molecule is CC(C)(C)c1ccc(N2c3cc(-n4c5ccccc5c5c6c(ccc54)-c4ccccc4C64c5ccccc5-c5ccccc54)ccc3B3c4ccc(-n5c6ccccc6c6c7c(ccc65)-c5ccccc5C75c6ccccc6-c6ccccc65)cc4N(c4ccc(C(C)(C)C)cc4-c4ccccc4)c4cc(C(C)(C)C)cc2c43)c(-c2ccccc2)c1. The van der Waals surface area contributed by atoms with E-state index in [0.717, 1.165) is 34.1 Å². The van der Waals surface area contributed by atoms with Gasteiger partial charge in [-0.05, 0) is 234 Å². The fourth-order valence-corrected chi connectivity index (χ4v) is 23.1. The van der Waals surface area contributed by atoms with Gasteiger partial charge in [0.2, 0.25) is 0 Å². The topological polar surface area (TPSA) is 16.3 Å². The van der Waals surface area contributed by atoms with Gasteiger partial charge in [-0.2, -0.15) is 0 Å². The van der Waals surface area contributed by atoms with E-state index >= 15 is 0 Å². The quantitative estimate of drug-likeness (QED) is 0.154. The zero-order valence-corrected chi connectivity index (χ0v) is 69.5. The number of aromatic nitrogens is 2. The van der Waals surface area contributed by atoms with Gasteiger partial charge in [0.25, 0.3) is 6.71 Å². The first-order chi connectivity index (χ1) is 59.0. The number of para-hydroxylation sites is 2. The Balaban J connectivity index is 0.790. The van der Waals surface area contributed by atoms with Crippen molar-refractivity contribution in [3.05, 3.63) is 425 Å². The molecule has 2 aromatic heterocycles. The van der Waals surface area contributed by atoms with Crippen LogP contribution >= 0.6 is 0 Å². The molecular weight excluding hydrogens is 1460 g/mol. The van der Waals surface area contributed by atoms with E-state index in [-0.39, 0.29) is 23.0 Å². The highest BCUT2D eigenvalue weighted by Gasteiger charge is 2.56. The van der Waals surface area contributed by atoms with Crippen LogP contribution in [0.1, 0.15) is 124 Å². The number of hydrogen-bond donors (Lipinski definition) is 0. The number of benzene rings is 17. The molecule has 17 aromatic carbocycles. The predicted octanol–water partition coefficient (Wildman–Crippen LogP) is 27.9. The van der Waals surface area contributed by atoms with Crippen molar-refractivity contribution in [3.63, 3.8) is 0 Å². The van der Waals surface area contributed by atoms with Crippen LogP contribution in [-0.2, 0) is 27.1 Å². The summed E-state index contributed by atoms with van der Waals surface area (Å²) in [6.45, 7) is 21.1. The lowest BCUT2D eigenvalue weighted by atomic mass is 9.33. The second-order valence-corrected chi connectivity index (χ2v) is 37.7. The van der Waals surface area contributed by atoms with Crippen LogP contribution in [0.2, 0.25) is 0 Å². The molecule has 4 nitrogen and oxygen atoms in total. The van der Waals surface area contributed by atoms with Crippen LogP contribution in [0, 0.1) is 0 Å². The summed E-state index contributed by atoms with van der Waals surface area (Å²) in [5.74, 6) is 0. The first-order valence-corrected chi connectivity index (χ1v) is 43.2. The molecular formula is C116H87BN4. The summed E-state index contributed by atoms with van der Waals surface area (Å²) in [6.07, 6.45) is 0. The van der Waals surface area contributed by atoms with E-state index in [9.17, 15) is 0 Å². The summed E-state index contributed by atoms with van der Waals surface area (Å²) in [4.78, 5) is 5.42. The Labute approximate surface area is 707 Å². The molecule has 0 saturated heterocycles. The maximum Gasteiger partial charge on any atom is 0.252 e. The maximum atomic E-state index is 2.71. The van der Waals surface area contributed by atoms with Gasteiger partial charge >= 0.3 is 0 Å². The van der Waals surface area contributed by atoms with E-state index in [4.69, 9.17) is 0 Å². The van der Waals surface area contributed by atoms with E-state index in [1.54, 1.807) is 0 Å². The lowest BCUT2D eigenvalue weighted by Gasteiger charge is -2.46. The summed E-state index contributed by atoms with van der Waals surface area (Å²) < 4.78 is 5.22. The standard InChI is InChI=1S/C116H87BN4/c1-112(2,3)72-52-60-99(87(64-72)70-32-12-10-13-33-70)120-103-68-75(118-97-50-30-22-42-85(97)107-101(118)62-56-83-81-40-20-28-48-93(81)115(109(83)107)89-44-24-16-36-77(89)78-37-17-25-45-90(78)115)54-58-95(103)117-96-59-55-76(69-104(96)121(106-67-74(114(7,8)9)66-105(120)111(106)117)100-61-53-73(113(4,5)6)65-88(100)71-34-14-11-15-35-71)119-98-51-31-23-43-86(98)108-102(119)63-57-84-82-41-21-29-49-94(82)116(110(84)108)91-46-26-18-38-79(91)80-39-19-27-47-92(80)116/h10-69H,1-9H3. The Hall–Kier alpha value is -14.0. The van der Waals surface area contributed by atoms with E-state index in [0.29, 0.717) is 0 Å². The highest BCUT2D eigenvalue weighted by atomic mass is 15.2. The van der Waals surface area contributed by atoms with Crippen molar-refractivity contribution in [3.8, 4) is 78.1 Å². The largest absolute Gasteiger partial charge is 0.311 e. The van der Waals surface area contributed by atoms with Gasteiger partial charge in [-0.1, -0.05) is 341 Å². The van der Waals surface area contributed by atoms with Crippen molar-refractivity contribution in [2.24, 2.45) is 0 Å². The molecule has 121 heavy (non-hydrogen) atoms. The van der Waals surface area contributed by atoms with Crippen molar-refractivity contribution in [1.82, 2.24) is 9.13 Å². The zero-order chi connectivity index (χ0) is 81.1. The third-order valence-electron chi connectivity index (χ3n) is 28.4. The summed E-state index contributed by atoms with van der Waals surface area (Å²) in [5.41, 5.74) is 45.4. The number of hydrogen-bond acceptors (Lipinski definition) is 2. The first-order valence-electron chi connectivity index (χ1n) is 43.2. The third-order valence-corrected chi connectivity index (χ3v) is 28.4. The molecule has 0 atom stereocenters. The molecule has 0 fully saturated rings. The van der Waals surface area contributed by atoms with Gasteiger partial charge in [-0.15, -0.1) is 0 Å². The minimum atomic E-state index is -0.565. The van der Waals surface area contributed by atoms with Crippen molar-refractivity contribution < 1.29 is 0 Å². The van der Waals surface area contributed by atoms with Crippen molar-refractivity contribution >= 4 is 101 Å². The zero-order valence-electron chi connectivity index (χ0n) is 69.5. The first kappa shape index (κ1) is 70.1. The Kier molecular flexibility index (Phi) is 14.4. The average molecular weight is 1550 g/mol. The molecule has 4 aliphatic carbocycles. The van der Waals surface area contributed by atoms with Gasteiger partial charge in [0.05, 0.1) is 44.3 Å². The summed E-state index contributed by atoms with van der Waals surface area (Å²) >= 11 is 0. The van der Waals surface area contributed by atoms with Crippen LogP contribution in [-0.4, -0.2) is 15.8 Å². The molecule has 6 aliphatic rings. The monoisotopic (exact) mass is 1550 g/mol. The van der Waals surface area contributed by atoms with Gasteiger partial charge in [0.15, 0.2) is 0 Å². The molecule has 5 heteroatoms. The molecule has 2 spiro atoms. The number of nitrogens with zero attached hydrogens (tertiary/aromatic N) is 4. The normalized spacial score (nSPS) is 14.4. The molecule has 0 bridgehead atoms. The second kappa shape index (κ2) is 24.8. The van der Waals surface area contributed by atoms with Gasteiger partial charge in [0.1, 0.15) is 0 Å². The van der Waals surface area contributed by atoms with Crippen LogP contribution in [0.15, 0.2) is 364 Å².